The monoisotopic (exact) mass is 183 g/mol. The third-order valence-corrected chi connectivity index (χ3v) is 1.23. The van der Waals surface area contributed by atoms with E-state index in [9.17, 15) is 9.59 Å². The van der Waals surface area contributed by atoms with Crippen molar-refractivity contribution in [3.05, 3.63) is 12.2 Å². The second kappa shape index (κ2) is 5.06. The van der Waals surface area contributed by atoms with Gasteiger partial charge in [0.2, 0.25) is 0 Å². The summed E-state index contributed by atoms with van der Waals surface area (Å²) < 4.78 is 4.11. The van der Waals surface area contributed by atoms with Crippen molar-refractivity contribution >= 4 is 11.9 Å². The van der Waals surface area contributed by atoms with Gasteiger partial charge in [-0.1, -0.05) is 13.5 Å². The van der Waals surface area contributed by atoms with E-state index in [4.69, 9.17) is 10.4 Å². The zero-order valence-corrected chi connectivity index (χ0v) is 7.11. The molecular weight excluding hydrogens is 174 g/mol. The quantitative estimate of drug-likeness (QED) is 0.286. The lowest BCUT2D eigenvalue weighted by atomic mass is 10.3. The van der Waals surface area contributed by atoms with Crippen molar-refractivity contribution in [3.8, 4) is 6.07 Å². The summed E-state index contributed by atoms with van der Waals surface area (Å²) in [4.78, 5) is 21.5. The Kier molecular flexibility index (Phi) is 4.41. The number of carbonyl (C=O) groups excluding carboxylic acids is 2. The van der Waals surface area contributed by atoms with Crippen LogP contribution in [-0.4, -0.2) is 23.1 Å². The summed E-state index contributed by atoms with van der Waals surface area (Å²) in [5.74, 6) is -2.19. The lowest BCUT2D eigenvalue weighted by molar-refractivity contribution is -0.163. The van der Waals surface area contributed by atoms with Crippen LogP contribution in [0.15, 0.2) is 12.2 Å². The number of carbonyl (C=O) groups is 2. The molecule has 0 fully saturated rings. The SMILES string of the molecule is C=C(C#N)C(=O)OC(=O)C(O)CC. The lowest BCUT2D eigenvalue weighted by Gasteiger charge is -2.05. The molecule has 0 bridgehead atoms. The maximum atomic E-state index is 10.8. The number of ether oxygens (including phenoxy) is 1. The molecule has 0 saturated carbocycles. The Morgan fingerprint density at radius 3 is 2.62 bits per heavy atom. The molecule has 0 aliphatic heterocycles. The summed E-state index contributed by atoms with van der Waals surface area (Å²) in [6.45, 7) is 4.59. The average Bonchev–Trinajstić information content (AvgIpc) is 2.14. The van der Waals surface area contributed by atoms with Crippen LogP contribution in [0.1, 0.15) is 13.3 Å². The maximum Gasteiger partial charge on any atom is 0.355 e. The lowest BCUT2D eigenvalue weighted by Crippen LogP contribution is -2.25. The molecule has 1 unspecified atom stereocenters. The molecule has 1 atom stereocenters. The van der Waals surface area contributed by atoms with Gasteiger partial charge in [0.1, 0.15) is 11.6 Å². The summed E-state index contributed by atoms with van der Waals surface area (Å²) in [5.41, 5.74) is -0.475. The van der Waals surface area contributed by atoms with E-state index in [2.05, 4.69) is 11.3 Å². The number of nitriles is 1. The highest BCUT2D eigenvalue weighted by Crippen LogP contribution is 1.98. The van der Waals surface area contributed by atoms with E-state index in [0.717, 1.165) is 0 Å². The van der Waals surface area contributed by atoms with Crippen LogP contribution in [0, 0.1) is 11.3 Å². The average molecular weight is 183 g/mol. The predicted molar refractivity (Wildman–Crippen MR) is 42.1 cm³/mol. The van der Waals surface area contributed by atoms with Gasteiger partial charge in [-0.05, 0) is 6.42 Å². The van der Waals surface area contributed by atoms with Gasteiger partial charge in [0.05, 0.1) is 0 Å². The molecule has 0 aromatic rings. The highest BCUT2D eigenvalue weighted by molar-refractivity contribution is 5.99. The van der Waals surface area contributed by atoms with Gasteiger partial charge >= 0.3 is 11.9 Å². The predicted octanol–water partition coefficient (Wildman–Crippen LogP) is -0.0931. The van der Waals surface area contributed by atoms with Crippen LogP contribution in [0.3, 0.4) is 0 Å². The number of hydrogen-bond acceptors (Lipinski definition) is 5. The van der Waals surface area contributed by atoms with Crippen LogP contribution in [0.4, 0.5) is 0 Å². The summed E-state index contributed by atoms with van der Waals surface area (Å²) in [6, 6.07) is 1.42. The van der Waals surface area contributed by atoms with E-state index in [1.165, 1.54) is 6.07 Å². The highest BCUT2D eigenvalue weighted by atomic mass is 16.6. The molecule has 0 rings (SSSR count). The first-order valence-corrected chi connectivity index (χ1v) is 3.56. The molecule has 0 aromatic carbocycles. The van der Waals surface area contributed by atoms with Crippen molar-refractivity contribution < 1.29 is 19.4 Å². The molecule has 0 spiro atoms. The molecule has 0 amide bonds. The molecule has 5 nitrogen and oxygen atoms in total. The molecule has 0 saturated heterocycles. The Morgan fingerprint density at radius 1 is 1.69 bits per heavy atom. The first-order chi connectivity index (χ1) is 6.02. The van der Waals surface area contributed by atoms with Crippen molar-refractivity contribution in [2.45, 2.75) is 19.4 Å². The van der Waals surface area contributed by atoms with Gasteiger partial charge in [-0.2, -0.15) is 5.26 Å². The Hall–Kier alpha value is -1.67. The van der Waals surface area contributed by atoms with Crippen LogP contribution in [0.5, 0.6) is 0 Å². The van der Waals surface area contributed by atoms with Crippen LogP contribution in [0.25, 0.3) is 0 Å². The number of rotatable bonds is 3. The third kappa shape index (κ3) is 3.49. The van der Waals surface area contributed by atoms with Gasteiger partial charge in [0.25, 0.3) is 0 Å². The van der Waals surface area contributed by atoms with Crippen LogP contribution < -0.4 is 0 Å². The molecule has 1 N–H and O–H groups in total. The Balaban J connectivity index is 4.16. The highest BCUT2D eigenvalue weighted by Gasteiger charge is 2.19. The van der Waals surface area contributed by atoms with E-state index in [0.29, 0.717) is 0 Å². The molecule has 13 heavy (non-hydrogen) atoms. The van der Waals surface area contributed by atoms with Crippen molar-refractivity contribution in [2.24, 2.45) is 0 Å². The molecular formula is C8H9NO4. The molecule has 0 heterocycles. The van der Waals surface area contributed by atoms with E-state index in [1.807, 2.05) is 0 Å². The number of aliphatic hydroxyl groups is 1. The minimum atomic E-state index is -1.34. The second-order valence-corrected chi connectivity index (χ2v) is 2.22. The zero-order valence-electron chi connectivity index (χ0n) is 7.11. The fourth-order valence-electron chi connectivity index (χ4n) is 0.433. The van der Waals surface area contributed by atoms with E-state index >= 15 is 0 Å². The van der Waals surface area contributed by atoms with E-state index < -0.39 is 23.6 Å². The smallest absolute Gasteiger partial charge is 0.355 e. The molecule has 0 aliphatic rings. The van der Waals surface area contributed by atoms with E-state index in [-0.39, 0.29) is 6.42 Å². The topological polar surface area (TPSA) is 87.4 Å². The Bertz CT molecular complexity index is 276. The number of aliphatic hydroxyl groups excluding tert-OH is 1. The largest absolute Gasteiger partial charge is 0.387 e. The van der Waals surface area contributed by atoms with E-state index in [1.54, 1.807) is 6.92 Å². The first-order valence-electron chi connectivity index (χ1n) is 3.56. The normalized spacial score (nSPS) is 11.2. The molecule has 5 heteroatoms. The summed E-state index contributed by atoms with van der Waals surface area (Å²) in [6.07, 6.45) is -1.19. The number of esters is 2. The standard InChI is InChI=1S/C8H9NO4/c1-3-6(10)8(12)13-7(11)5(2)4-9/h6,10H,2-3H2,1H3. The van der Waals surface area contributed by atoms with Crippen molar-refractivity contribution in [2.75, 3.05) is 0 Å². The van der Waals surface area contributed by atoms with Gasteiger partial charge < -0.3 is 9.84 Å². The molecule has 0 aromatic heterocycles. The fourth-order valence-corrected chi connectivity index (χ4v) is 0.433. The van der Waals surface area contributed by atoms with Crippen molar-refractivity contribution in [1.29, 1.82) is 5.26 Å². The number of hydrogen-bond donors (Lipinski definition) is 1. The Labute approximate surface area is 75.2 Å². The zero-order chi connectivity index (χ0) is 10.4. The fraction of sp³-hybridized carbons (Fsp3) is 0.375. The second-order valence-electron chi connectivity index (χ2n) is 2.22. The number of nitrogens with zero attached hydrogens (tertiary/aromatic N) is 1. The first kappa shape index (κ1) is 11.3. The summed E-state index contributed by atoms with van der Waals surface area (Å²) >= 11 is 0. The minimum Gasteiger partial charge on any atom is -0.387 e. The Morgan fingerprint density at radius 2 is 2.23 bits per heavy atom. The molecule has 0 aliphatic carbocycles. The van der Waals surface area contributed by atoms with Gasteiger partial charge in [-0.3, -0.25) is 0 Å². The van der Waals surface area contributed by atoms with Gasteiger partial charge in [-0.15, -0.1) is 0 Å². The third-order valence-electron chi connectivity index (χ3n) is 1.23. The van der Waals surface area contributed by atoms with Crippen molar-refractivity contribution in [3.63, 3.8) is 0 Å². The van der Waals surface area contributed by atoms with Gasteiger partial charge in [-0.25, -0.2) is 9.59 Å². The van der Waals surface area contributed by atoms with Crippen molar-refractivity contribution in [1.82, 2.24) is 0 Å². The van der Waals surface area contributed by atoms with Gasteiger partial charge in [0.15, 0.2) is 6.10 Å². The molecule has 0 radical (unpaired) electrons. The van der Waals surface area contributed by atoms with Crippen LogP contribution in [-0.2, 0) is 14.3 Å². The van der Waals surface area contributed by atoms with Gasteiger partial charge in [0, 0.05) is 0 Å². The summed E-state index contributed by atoms with van der Waals surface area (Å²) in [7, 11) is 0. The van der Waals surface area contributed by atoms with Crippen LogP contribution in [0.2, 0.25) is 0 Å². The van der Waals surface area contributed by atoms with Crippen LogP contribution >= 0.6 is 0 Å². The summed E-state index contributed by atoms with van der Waals surface area (Å²) in [5, 5.41) is 17.1. The molecule has 70 valence electrons. The maximum absolute atomic E-state index is 10.8. The minimum absolute atomic E-state index is 0.144.